The summed E-state index contributed by atoms with van der Waals surface area (Å²) >= 11 is 0. The Morgan fingerprint density at radius 1 is 1.16 bits per heavy atom. The van der Waals surface area contributed by atoms with Gasteiger partial charge in [0, 0.05) is 18.7 Å². The molecule has 2 rings (SSSR count). The van der Waals surface area contributed by atoms with E-state index in [1.165, 1.54) is 5.56 Å². The first-order valence-electron chi connectivity index (χ1n) is 9.56. The summed E-state index contributed by atoms with van der Waals surface area (Å²) < 4.78 is 5.40. The maximum Gasteiger partial charge on any atom is 0.309 e. The Morgan fingerprint density at radius 2 is 1.80 bits per heavy atom. The predicted molar refractivity (Wildman–Crippen MR) is 99.5 cm³/mol. The summed E-state index contributed by atoms with van der Waals surface area (Å²) in [7, 11) is 0. The molecule has 0 N–H and O–H groups in total. The van der Waals surface area contributed by atoms with Crippen molar-refractivity contribution in [3.63, 3.8) is 0 Å². The van der Waals surface area contributed by atoms with E-state index in [2.05, 4.69) is 20.8 Å². The van der Waals surface area contributed by atoms with Gasteiger partial charge in [0.25, 0.3) is 5.91 Å². The molecule has 4 nitrogen and oxygen atoms in total. The molecule has 25 heavy (non-hydrogen) atoms. The molecule has 0 bridgehead atoms. The lowest BCUT2D eigenvalue weighted by molar-refractivity contribution is -0.150. The lowest BCUT2D eigenvalue weighted by Crippen LogP contribution is -2.40. The Labute approximate surface area is 151 Å². The summed E-state index contributed by atoms with van der Waals surface area (Å²) in [6.07, 6.45) is 4.37. The second-order valence-electron chi connectivity index (χ2n) is 7.32. The van der Waals surface area contributed by atoms with E-state index in [0.717, 1.165) is 24.8 Å². The first-order chi connectivity index (χ1) is 12.0. The molecule has 0 atom stereocenters. The van der Waals surface area contributed by atoms with Crippen LogP contribution in [0.2, 0.25) is 0 Å². The van der Waals surface area contributed by atoms with E-state index in [9.17, 15) is 9.59 Å². The van der Waals surface area contributed by atoms with Crippen LogP contribution in [0, 0.1) is 11.8 Å². The number of esters is 1. The van der Waals surface area contributed by atoms with Gasteiger partial charge in [-0.2, -0.15) is 0 Å². The van der Waals surface area contributed by atoms with E-state index >= 15 is 0 Å². The van der Waals surface area contributed by atoms with Gasteiger partial charge in [0.1, 0.15) is 0 Å². The van der Waals surface area contributed by atoms with Crippen molar-refractivity contribution in [1.82, 2.24) is 4.90 Å². The fraction of sp³-hybridized carbons (Fsp3) is 0.619. The van der Waals surface area contributed by atoms with Crippen molar-refractivity contribution in [3.8, 4) is 0 Å². The molecule has 1 saturated heterocycles. The van der Waals surface area contributed by atoms with Crippen LogP contribution in [0.5, 0.6) is 0 Å². The quantitative estimate of drug-likeness (QED) is 0.552. The lowest BCUT2D eigenvalue weighted by Gasteiger charge is -2.31. The minimum absolute atomic E-state index is 0.0615. The average molecular weight is 345 g/mol. The molecule has 0 unspecified atom stereocenters. The zero-order valence-electron chi connectivity index (χ0n) is 15.8. The predicted octanol–water partition coefficient (Wildman–Crippen LogP) is 4.08. The molecule has 0 radical (unpaired) electrons. The van der Waals surface area contributed by atoms with Crippen molar-refractivity contribution in [2.45, 2.75) is 52.9 Å². The number of likely N-dealkylation sites (tertiary alicyclic amines) is 1. The molecule has 4 heteroatoms. The molecule has 1 aromatic carbocycles. The summed E-state index contributed by atoms with van der Waals surface area (Å²) in [5.41, 5.74) is 1.96. The van der Waals surface area contributed by atoms with Gasteiger partial charge in [-0.15, -0.1) is 0 Å². The van der Waals surface area contributed by atoms with E-state index < -0.39 is 0 Å². The van der Waals surface area contributed by atoms with Gasteiger partial charge in [-0.3, -0.25) is 9.59 Å². The maximum atomic E-state index is 12.6. The van der Waals surface area contributed by atoms with Crippen LogP contribution in [0.4, 0.5) is 0 Å². The van der Waals surface area contributed by atoms with Gasteiger partial charge in [-0.25, -0.2) is 0 Å². The molecule has 1 aliphatic rings. The monoisotopic (exact) mass is 345 g/mol. The molecule has 1 heterocycles. The molecule has 1 amide bonds. The first-order valence-corrected chi connectivity index (χ1v) is 9.56. The molecular weight excluding hydrogens is 314 g/mol. The highest BCUT2D eigenvalue weighted by Crippen LogP contribution is 2.21. The number of benzene rings is 1. The topological polar surface area (TPSA) is 46.6 Å². The van der Waals surface area contributed by atoms with Gasteiger partial charge in [0.15, 0.2) is 0 Å². The average Bonchev–Trinajstić information content (AvgIpc) is 2.64. The molecule has 138 valence electrons. The highest BCUT2D eigenvalue weighted by atomic mass is 16.5. The van der Waals surface area contributed by atoms with Crippen LogP contribution in [0.3, 0.4) is 0 Å². The van der Waals surface area contributed by atoms with E-state index in [1.807, 2.05) is 29.2 Å². The fourth-order valence-electron chi connectivity index (χ4n) is 3.17. The molecule has 1 fully saturated rings. The van der Waals surface area contributed by atoms with Crippen LogP contribution >= 0.6 is 0 Å². The first kappa shape index (κ1) is 19.5. The lowest BCUT2D eigenvalue weighted by atomic mass is 9.96. The number of nitrogens with zero attached hydrogens (tertiary/aromatic N) is 1. The summed E-state index contributed by atoms with van der Waals surface area (Å²) in [4.78, 5) is 26.5. The van der Waals surface area contributed by atoms with Crippen LogP contribution in [0.25, 0.3) is 0 Å². The molecule has 0 spiro atoms. The van der Waals surface area contributed by atoms with E-state index in [-0.39, 0.29) is 17.8 Å². The number of ether oxygens (including phenoxy) is 1. The van der Waals surface area contributed by atoms with Gasteiger partial charge in [0.05, 0.1) is 12.5 Å². The normalized spacial score (nSPS) is 15.4. The summed E-state index contributed by atoms with van der Waals surface area (Å²) in [6.45, 7) is 8.21. The van der Waals surface area contributed by atoms with Crippen molar-refractivity contribution in [1.29, 1.82) is 0 Å². The minimum Gasteiger partial charge on any atom is -0.465 e. The number of piperidine rings is 1. The van der Waals surface area contributed by atoms with Gasteiger partial charge in [0.2, 0.25) is 0 Å². The van der Waals surface area contributed by atoms with E-state index in [1.54, 1.807) is 0 Å². The molecule has 0 aliphatic carbocycles. The Bertz CT molecular complexity index is 557. The summed E-state index contributed by atoms with van der Waals surface area (Å²) in [6, 6.07) is 7.81. The third-order valence-corrected chi connectivity index (χ3v) is 4.89. The smallest absolute Gasteiger partial charge is 0.309 e. The van der Waals surface area contributed by atoms with Crippen LogP contribution < -0.4 is 0 Å². The van der Waals surface area contributed by atoms with Gasteiger partial charge in [-0.05, 0) is 55.7 Å². The third kappa shape index (κ3) is 5.87. The molecule has 0 saturated carbocycles. The fourth-order valence-corrected chi connectivity index (χ4v) is 3.17. The highest BCUT2D eigenvalue weighted by Gasteiger charge is 2.28. The van der Waals surface area contributed by atoms with Crippen LogP contribution in [0.15, 0.2) is 24.3 Å². The zero-order valence-corrected chi connectivity index (χ0v) is 15.8. The second kappa shape index (κ2) is 9.59. The second-order valence-corrected chi connectivity index (χ2v) is 7.32. The van der Waals surface area contributed by atoms with Crippen molar-refractivity contribution in [2.24, 2.45) is 11.8 Å². The van der Waals surface area contributed by atoms with E-state index in [4.69, 9.17) is 4.74 Å². The van der Waals surface area contributed by atoms with E-state index in [0.29, 0.717) is 38.5 Å². The van der Waals surface area contributed by atoms with Crippen LogP contribution in [-0.4, -0.2) is 36.5 Å². The molecule has 1 aliphatic heterocycles. The minimum atomic E-state index is -0.0943. The third-order valence-electron chi connectivity index (χ3n) is 4.89. The Morgan fingerprint density at radius 3 is 2.36 bits per heavy atom. The van der Waals surface area contributed by atoms with Crippen molar-refractivity contribution in [3.05, 3.63) is 35.4 Å². The number of carbonyl (C=O) groups excluding carboxylic acids is 2. The summed E-state index contributed by atoms with van der Waals surface area (Å²) in [5, 5.41) is 0. The molecule has 0 aromatic heterocycles. The number of hydrogen-bond acceptors (Lipinski definition) is 3. The van der Waals surface area contributed by atoms with Crippen molar-refractivity contribution < 1.29 is 14.3 Å². The van der Waals surface area contributed by atoms with Crippen LogP contribution in [0.1, 0.15) is 62.4 Å². The van der Waals surface area contributed by atoms with Crippen molar-refractivity contribution >= 4 is 11.9 Å². The Balaban J connectivity index is 1.76. The summed E-state index contributed by atoms with van der Waals surface area (Å²) in [5.74, 6) is 0.541. The SMILES string of the molecule is CCc1ccc(C(=O)N2CCC(C(=O)OCCCC(C)C)CC2)cc1. The number of carbonyl (C=O) groups is 2. The molecular formula is C21H31NO3. The van der Waals surface area contributed by atoms with Gasteiger partial charge >= 0.3 is 5.97 Å². The maximum absolute atomic E-state index is 12.6. The Hall–Kier alpha value is -1.84. The number of aryl methyl sites for hydroxylation is 1. The van der Waals surface area contributed by atoms with Gasteiger partial charge in [-0.1, -0.05) is 32.9 Å². The number of amides is 1. The largest absolute Gasteiger partial charge is 0.465 e. The van der Waals surface area contributed by atoms with Crippen LogP contribution in [-0.2, 0) is 16.0 Å². The zero-order chi connectivity index (χ0) is 18.2. The standard InChI is InChI=1S/C21H31NO3/c1-4-17-7-9-18(10-8-17)20(23)22-13-11-19(12-14-22)21(24)25-15-5-6-16(2)3/h7-10,16,19H,4-6,11-15H2,1-3H3. The Kier molecular flexibility index (Phi) is 7.48. The van der Waals surface area contributed by atoms with Gasteiger partial charge < -0.3 is 9.64 Å². The van der Waals surface area contributed by atoms with Crippen molar-refractivity contribution in [2.75, 3.05) is 19.7 Å². The highest BCUT2D eigenvalue weighted by molar-refractivity contribution is 5.94. The number of hydrogen-bond donors (Lipinski definition) is 0. The number of rotatable bonds is 7. The molecule has 1 aromatic rings.